The molecule has 13 heavy (non-hydrogen) atoms. The van der Waals surface area contributed by atoms with Crippen molar-refractivity contribution in [2.45, 2.75) is 0 Å². The maximum atomic E-state index is 5.91. The zero-order valence-electron chi connectivity index (χ0n) is 6.20. The van der Waals surface area contributed by atoms with Crippen LogP contribution in [-0.4, -0.2) is 25.6 Å². The highest BCUT2D eigenvalue weighted by Crippen LogP contribution is 2.24. The Morgan fingerprint density at radius 1 is 1.46 bits per heavy atom. The van der Waals surface area contributed by atoms with E-state index in [2.05, 4.69) is 41.5 Å². The fourth-order valence-electron chi connectivity index (χ4n) is 0.841. The first-order chi connectivity index (χ1) is 6.27. The second kappa shape index (κ2) is 3.39. The zero-order chi connectivity index (χ0) is 9.26. The van der Waals surface area contributed by atoms with Crippen LogP contribution in [0.25, 0.3) is 11.5 Å². The molecular weight excluding hydrogens is 257 g/mol. The molecule has 0 fully saturated rings. The van der Waals surface area contributed by atoms with Crippen molar-refractivity contribution in [1.29, 1.82) is 0 Å². The number of H-pyrrole nitrogens is 1. The summed E-state index contributed by atoms with van der Waals surface area (Å²) in [4.78, 5) is 4.06. The van der Waals surface area contributed by atoms with Crippen molar-refractivity contribution in [3.8, 4) is 11.5 Å². The van der Waals surface area contributed by atoms with Crippen LogP contribution in [0.5, 0.6) is 0 Å². The summed E-state index contributed by atoms with van der Waals surface area (Å²) >= 11 is 9.16. The molecule has 5 nitrogen and oxygen atoms in total. The summed E-state index contributed by atoms with van der Waals surface area (Å²) in [5.74, 6) is 0.387. The molecule has 0 radical (unpaired) electrons. The Morgan fingerprint density at radius 3 is 2.92 bits per heavy atom. The van der Waals surface area contributed by atoms with Gasteiger partial charge in [0.15, 0.2) is 0 Å². The average molecular weight is 260 g/mol. The van der Waals surface area contributed by atoms with Crippen molar-refractivity contribution in [3.63, 3.8) is 0 Å². The van der Waals surface area contributed by atoms with Crippen molar-refractivity contribution < 1.29 is 0 Å². The quantitative estimate of drug-likeness (QED) is 0.847. The van der Waals surface area contributed by atoms with Gasteiger partial charge in [-0.25, -0.2) is 0 Å². The highest BCUT2D eigenvalue weighted by molar-refractivity contribution is 9.10. The molecule has 1 N–H and O–H groups in total. The van der Waals surface area contributed by atoms with Gasteiger partial charge in [0, 0.05) is 10.7 Å². The van der Waals surface area contributed by atoms with Crippen LogP contribution >= 0.6 is 27.5 Å². The fraction of sp³-hybridized carbons (Fsp3) is 0. The number of pyridine rings is 1. The number of tetrazole rings is 1. The van der Waals surface area contributed by atoms with Crippen LogP contribution in [0.1, 0.15) is 0 Å². The van der Waals surface area contributed by atoms with E-state index in [1.807, 2.05) is 0 Å². The molecule has 0 aliphatic rings. The van der Waals surface area contributed by atoms with E-state index >= 15 is 0 Å². The zero-order valence-corrected chi connectivity index (χ0v) is 8.54. The lowest BCUT2D eigenvalue weighted by Gasteiger charge is -1.97. The van der Waals surface area contributed by atoms with Crippen molar-refractivity contribution >= 4 is 27.5 Å². The molecule has 0 aliphatic heterocycles. The van der Waals surface area contributed by atoms with Gasteiger partial charge >= 0.3 is 0 Å². The molecule has 2 heterocycles. The average Bonchev–Trinajstić information content (AvgIpc) is 2.56. The number of hydrogen-bond donors (Lipinski definition) is 1. The Kier molecular flexibility index (Phi) is 2.24. The normalized spacial score (nSPS) is 10.3. The maximum Gasteiger partial charge on any atom is 0.224 e. The first kappa shape index (κ1) is 8.58. The van der Waals surface area contributed by atoms with Crippen molar-refractivity contribution in [3.05, 3.63) is 21.8 Å². The molecule has 0 spiro atoms. The van der Waals surface area contributed by atoms with E-state index in [4.69, 9.17) is 11.6 Å². The Balaban J connectivity index is 2.53. The Hall–Kier alpha value is -1.01. The molecule has 0 aliphatic carbocycles. The molecule has 7 heteroatoms. The summed E-state index contributed by atoms with van der Waals surface area (Å²) in [6.45, 7) is 0. The minimum atomic E-state index is 0.387. The van der Waals surface area contributed by atoms with E-state index < -0.39 is 0 Å². The standard InChI is InChI=1S/C6H3BrClN5/c7-3-1-4(8)5(9-2-3)6-10-12-13-11-6/h1-2H,(H,10,11,12,13). The van der Waals surface area contributed by atoms with Gasteiger partial charge in [-0.3, -0.25) is 4.98 Å². The largest absolute Gasteiger partial charge is 0.250 e. The van der Waals surface area contributed by atoms with E-state index in [0.29, 0.717) is 16.5 Å². The molecule has 2 rings (SSSR count). The lowest BCUT2D eigenvalue weighted by Crippen LogP contribution is -1.87. The monoisotopic (exact) mass is 259 g/mol. The second-order valence-corrected chi connectivity index (χ2v) is 3.54. The molecule has 66 valence electrons. The number of aromatic amines is 1. The molecule has 0 unspecified atom stereocenters. The summed E-state index contributed by atoms with van der Waals surface area (Å²) in [7, 11) is 0. The summed E-state index contributed by atoms with van der Waals surface area (Å²) in [5, 5.41) is 13.8. The summed E-state index contributed by atoms with van der Waals surface area (Å²) in [6.07, 6.45) is 1.62. The predicted octanol–water partition coefficient (Wildman–Crippen LogP) is 1.68. The topological polar surface area (TPSA) is 67.3 Å². The lowest BCUT2D eigenvalue weighted by molar-refractivity contribution is 0.881. The van der Waals surface area contributed by atoms with Crippen LogP contribution in [-0.2, 0) is 0 Å². The smallest absolute Gasteiger partial charge is 0.224 e. The molecule has 0 saturated heterocycles. The molecule has 0 saturated carbocycles. The van der Waals surface area contributed by atoms with Crippen molar-refractivity contribution in [2.24, 2.45) is 0 Å². The van der Waals surface area contributed by atoms with E-state index in [9.17, 15) is 0 Å². The van der Waals surface area contributed by atoms with Crippen LogP contribution in [0, 0.1) is 0 Å². The predicted molar refractivity (Wildman–Crippen MR) is 50.1 cm³/mol. The lowest BCUT2D eigenvalue weighted by atomic mass is 10.3. The SMILES string of the molecule is Clc1cc(Br)cnc1-c1nn[nH]n1. The molecule has 0 atom stereocenters. The first-order valence-electron chi connectivity index (χ1n) is 3.32. The van der Waals surface area contributed by atoms with Gasteiger partial charge in [-0.2, -0.15) is 5.21 Å². The van der Waals surface area contributed by atoms with E-state index in [1.165, 1.54) is 0 Å². The van der Waals surface area contributed by atoms with Crippen LogP contribution < -0.4 is 0 Å². The van der Waals surface area contributed by atoms with Gasteiger partial charge in [0.25, 0.3) is 0 Å². The van der Waals surface area contributed by atoms with E-state index in [-0.39, 0.29) is 0 Å². The van der Waals surface area contributed by atoms with Crippen molar-refractivity contribution in [1.82, 2.24) is 25.6 Å². The molecular formula is C6H3BrClN5. The third-order valence-electron chi connectivity index (χ3n) is 1.36. The Morgan fingerprint density at radius 2 is 2.31 bits per heavy atom. The molecule has 2 aromatic rings. The van der Waals surface area contributed by atoms with Crippen molar-refractivity contribution in [2.75, 3.05) is 0 Å². The van der Waals surface area contributed by atoms with Gasteiger partial charge in [-0.15, -0.1) is 10.2 Å². The molecule has 0 amide bonds. The summed E-state index contributed by atoms with van der Waals surface area (Å²) in [6, 6.07) is 1.72. The molecule has 0 aromatic carbocycles. The van der Waals surface area contributed by atoms with Gasteiger partial charge in [-0.1, -0.05) is 11.6 Å². The van der Waals surface area contributed by atoms with Crippen LogP contribution in [0.4, 0.5) is 0 Å². The highest BCUT2D eigenvalue weighted by atomic mass is 79.9. The first-order valence-corrected chi connectivity index (χ1v) is 4.49. The van der Waals surface area contributed by atoms with E-state index in [0.717, 1.165) is 4.47 Å². The summed E-state index contributed by atoms with van der Waals surface area (Å²) < 4.78 is 0.810. The van der Waals surface area contributed by atoms with Gasteiger partial charge in [0.05, 0.1) is 5.02 Å². The fourth-order valence-corrected chi connectivity index (χ4v) is 1.56. The third-order valence-corrected chi connectivity index (χ3v) is 2.09. The van der Waals surface area contributed by atoms with Crippen LogP contribution in [0.3, 0.4) is 0 Å². The number of halogens is 2. The number of aromatic nitrogens is 5. The minimum Gasteiger partial charge on any atom is -0.250 e. The minimum absolute atomic E-state index is 0.387. The van der Waals surface area contributed by atoms with E-state index in [1.54, 1.807) is 12.3 Å². The van der Waals surface area contributed by atoms with Crippen LogP contribution in [0.15, 0.2) is 16.7 Å². The summed E-state index contributed by atoms with van der Waals surface area (Å²) in [5.41, 5.74) is 0.513. The molecule has 2 aromatic heterocycles. The number of hydrogen-bond acceptors (Lipinski definition) is 4. The maximum absolute atomic E-state index is 5.91. The molecule has 0 bridgehead atoms. The second-order valence-electron chi connectivity index (χ2n) is 2.22. The van der Waals surface area contributed by atoms with Crippen LogP contribution in [0.2, 0.25) is 5.02 Å². The highest BCUT2D eigenvalue weighted by Gasteiger charge is 2.09. The van der Waals surface area contributed by atoms with Gasteiger partial charge in [-0.05, 0) is 27.2 Å². The van der Waals surface area contributed by atoms with Gasteiger partial charge < -0.3 is 0 Å². The number of nitrogens with one attached hydrogen (secondary N) is 1. The number of rotatable bonds is 1. The number of nitrogens with zero attached hydrogens (tertiary/aromatic N) is 4. The van der Waals surface area contributed by atoms with Gasteiger partial charge in [0.2, 0.25) is 5.82 Å². The Bertz CT molecular complexity index is 415. The van der Waals surface area contributed by atoms with Gasteiger partial charge in [0.1, 0.15) is 5.69 Å². The Labute approximate surface area is 86.7 Å². The third kappa shape index (κ3) is 1.68.